The first-order valence-corrected chi connectivity index (χ1v) is 9.73. The minimum absolute atomic E-state index is 0.166. The predicted octanol–water partition coefficient (Wildman–Crippen LogP) is 3.76. The van der Waals surface area contributed by atoms with E-state index < -0.39 is 0 Å². The number of fused-ring (bicyclic) bond motifs is 1. The number of benzene rings is 2. The van der Waals surface area contributed by atoms with Crippen LogP contribution in [-0.2, 0) is 17.9 Å². The highest BCUT2D eigenvalue weighted by Crippen LogP contribution is 2.30. The summed E-state index contributed by atoms with van der Waals surface area (Å²) in [6, 6.07) is 18.9. The van der Waals surface area contributed by atoms with Crippen LogP contribution in [0.2, 0.25) is 0 Å². The molecule has 6 nitrogen and oxygen atoms in total. The molecule has 0 radical (unpaired) electrons. The molecule has 1 amide bonds. The van der Waals surface area contributed by atoms with Crippen LogP contribution in [0.3, 0.4) is 0 Å². The molecule has 3 aromatic rings. The van der Waals surface area contributed by atoms with Crippen molar-refractivity contribution in [2.45, 2.75) is 13.2 Å². The maximum atomic E-state index is 12.1. The van der Waals surface area contributed by atoms with E-state index >= 15 is 0 Å². The Morgan fingerprint density at radius 3 is 2.67 bits per heavy atom. The number of nitrogens with zero attached hydrogens (tertiary/aromatic N) is 1. The smallest absolute Gasteiger partial charge is 0.244 e. The molecule has 0 unspecified atom stereocenters. The zero-order valence-electron chi connectivity index (χ0n) is 16.4. The number of aromatic nitrogens is 1. The summed E-state index contributed by atoms with van der Waals surface area (Å²) in [4.78, 5) is 16.3. The van der Waals surface area contributed by atoms with Gasteiger partial charge in [0, 0.05) is 18.8 Å². The predicted molar refractivity (Wildman–Crippen MR) is 113 cm³/mol. The maximum Gasteiger partial charge on any atom is 0.244 e. The summed E-state index contributed by atoms with van der Waals surface area (Å²) in [7, 11) is 0. The molecule has 2 aromatic carbocycles. The number of rotatable bonds is 7. The van der Waals surface area contributed by atoms with E-state index in [2.05, 4.69) is 10.3 Å². The van der Waals surface area contributed by atoms with Crippen molar-refractivity contribution < 1.29 is 19.0 Å². The van der Waals surface area contributed by atoms with Crippen LogP contribution in [0.1, 0.15) is 16.8 Å². The Kier molecular flexibility index (Phi) is 6.25. The van der Waals surface area contributed by atoms with E-state index in [1.54, 1.807) is 12.3 Å². The van der Waals surface area contributed by atoms with Crippen molar-refractivity contribution in [2.75, 3.05) is 13.2 Å². The minimum atomic E-state index is -0.166. The first-order valence-electron chi connectivity index (χ1n) is 9.73. The molecule has 1 N–H and O–H groups in total. The molecule has 2 heterocycles. The summed E-state index contributed by atoms with van der Waals surface area (Å²) in [5, 5.41) is 2.87. The van der Waals surface area contributed by atoms with E-state index in [4.69, 9.17) is 14.2 Å². The van der Waals surface area contributed by atoms with Gasteiger partial charge in [-0.25, -0.2) is 0 Å². The van der Waals surface area contributed by atoms with E-state index in [-0.39, 0.29) is 5.91 Å². The highest BCUT2D eigenvalue weighted by Gasteiger charge is 2.11. The molecule has 0 saturated heterocycles. The van der Waals surface area contributed by atoms with Gasteiger partial charge in [-0.2, -0.15) is 0 Å². The second-order valence-corrected chi connectivity index (χ2v) is 6.71. The fraction of sp³-hybridized carbons (Fsp3) is 0.167. The molecule has 0 saturated carbocycles. The number of pyridine rings is 1. The molecule has 6 heteroatoms. The Bertz CT molecular complexity index is 1020. The van der Waals surface area contributed by atoms with E-state index in [0.29, 0.717) is 32.1 Å². The lowest BCUT2D eigenvalue weighted by atomic mass is 10.2. The lowest BCUT2D eigenvalue weighted by molar-refractivity contribution is -0.116. The van der Waals surface area contributed by atoms with E-state index in [9.17, 15) is 4.79 Å². The second-order valence-electron chi connectivity index (χ2n) is 6.71. The van der Waals surface area contributed by atoms with Crippen LogP contribution >= 0.6 is 0 Å². The van der Waals surface area contributed by atoms with Crippen molar-refractivity contribution in [3.63, 3.8) is 0 Å². The average molecular weight is 402 g/mol. The van der Waals surface area contributed by atoms with Gasteiger partial charge in [-0.1, -0.05) is 24.3 Å². The van der Waals surface area contributed by atoms with Crippen LogP contribution in [0.4, 0.5) is 0 Å². The van der Waals surface area contributed by atoms with Gasteiger partial charge in [0.2, 0.25) is 5.91 Å². The van der Waals surface area contributed by atoms with Gasteiger partial charge in [0.1, 0.15) is 25.6 Å². The van der Waals surface area contributed by atoms with Crippen molar-refractivity contribution in [3.8, 4) is 17.2 Å². The van der Waals surface area contributed by atoms with Crippen LogP contribution in [0, 0.1) is 0 Å². The molecule has 4 rings (SSSR count). The summed E-state index contributed by atoms with van der Waals surface area (Å²) >= 11 is 0. The topological polar surface area (TPSA) is 69.7 Å². The SMILES string of the molecule is O=C(/C=C/c1ccc(OCc2ccccn2)cc1)NCc1ccc2c(c1)OCCO2. The Labute approximate surface area is 175 Å². The van der Waals surface area contributed by atoms with Crippen molar-refractivity contribution in [2.24, 2.45) is 0 Å². The number of ether oxygens (including phenoxy) is 3. The fourth-order valence-corrected chi connectivity index (χ4v) is 2.93. The second kappa shape index (κ2) is 9.60. The highest BCUT2D eigenvalue weighted by atomic mass is 16.6. The molecular weight excluding hydrogens is 380 g/mol. The van der Waals surface area contributed by atoms with Gasteiger partial charge in [0.25, 0.3) is 0 Å². The van der Waals surface area contributed by atoms with E-state index in [0.717, 1.165) is 28.3 Å². The van der Waals surface area contributed by atoms with Crippen molar-refractivity contribution >= 4 is 12.0 Å². The third-order valence-electron chi connectivity index (χ3n) is 4.49. The lowest BCUT2D eigenvalue weighted by Crippen LogP contribution is -2.20. The molecule has 0 spiro atoms. The average Bonchev–Trinajstić information content (AvgIpc) is 2.81. The highest BCUT2D eigenvalue weighted by molar-refractivity contribution is 5.91. The van der Waals surface area contributed by atoms with Gasteiger partial charge in [-0.15, -0.1) is 0 Å². The quantitative estimate of drug-likeness (QED) is 0.610. The van der Waals surface area contributed by atoms with Gasteiger partial charge in [0.05, 0.1) is 5.69 Å². The summed E-state index contributed by atoms with van der Waals surface area (Å²) in [6.07, 6.45) is 5.02. The number of carbonyl (C=O) groups is 1. The standard InChI is InChI=1S/C24H22N2O4/c27-24(26-16-19-6-10-22-23(15-19)29-14-13-28-22)11-7-18-4-8-21(9-5-18)30-17-20-3-1-2-12-25-20/h1-12,15H,13-14,16-17H2,(H,26,27)/b11-7+. The van der Waals surface area contributed by atoms with Gasteiger partial charge in [-0.05, 0) is 53.6 Å². The van der Waals surface area contributed by atoms with Gasteiger partial charge in [0.15, 0.2) is 11.5 Å². The fourth-order valence-electron chi connectivity index (χ4n) is 2.93. The zero-order valence-corrected chi connectivity index (χ0v) is 16.4. The monoisotopic (exact) mass is 402 g/mol. The van der Waals surface area contributed by atoms with Crippen molar-refractivity contribution in [1.29, 1.82) is 0 Å². The number of hydrogen-bond acceptors (Lipinski definition) is 5. The normalized spacial score (nSPS) is 12.5. The molecule has 0 fully saturated rings. The molecule has 1 aliphatic rings. The molecule has 0 bridgehead atoms. The summed E-state index contributed by atoms with van der Waals surface area (Å²) in [5.74, 6) is 2.04. The number of nitrogens with one attached hydrogen (secondary N) is 1. The molecule has 30 heavy (non-hydrogen) atoms. The molecule has 152 valence electrons. The lowest BCUT2D eigenvalue weighted by Gasteiger charge is -2.18. The maximum absolute atomic E-state index is 12.1. The van der Waals surface area contributed by atoms with Gasteiger partial charge < -0.3 is 19.5 Å². The van der Waals surface area contributed by atoms with Crippen LogP contribution in [0.25, 0.3) is 6.08 Å². The first-order chi connectivity index (χ1) is 14.8. The third-order valence-corrected chi connectivity index (χ3v) is 4.49. The molecule has 0 atom stereocenters. The van der Waals surface area contributed by atoms with Crippen LogP contribution in [-0.4, -0.2) is 24.1 Å². The molecule has 1 aromatic heterocycles. The number of hydrogen-bond donors (Lipinski definition) is 1. The Morgan fingerprint density at radius 2 is 1.87 bits per heavy atom. The van der Waals surface area contributed by atoms with Gasteiger partial charge in [-0.3, -0.25) is 9.78 Å². The van der Waals surface area contributed by atoms with Crippen molar-refractivity contribution in [1.82, 2.24) is 10.3 Å². The number of carbonyl (C=O) groups excluding carboxylic acids is 1. The van der Waals surface area contributed by atoms with Crippen LogP contribution in [0.15, 0.2) is 72.9 Å². The number of amides is 1. The summed E-state index contributed by atoms with van der Waals surface area (Å²) in [6.45, 7) is 1.93. The van der Waals surface area contributed by atoms with Crippen LogP contribution < -0.4 is 19.5 Å². The van der Waals surface area contributed by atoms with E-state index in [1.807, 2.05) is 60.7 Å². The van der Waals surface area contributed by atoms with E-state index in [1.165, 1.54) is 6.08 Å². The molecule has 1 aliphatic heterocycles. The van der Waals surface area contributed by atoms with Gasteiger partial charge >= 0.3 is 0 Å². The molecular formula is C24H22N2O4. The van der Waals surface area contributed by atoms with Crippen molar-refractivity contribution in [3.05, 3.63) is 89.8 Å². The minimum Gasteiger partial charge on any atom is -0.487 e. The Balaban J connectivity index is 1.25. The Morgan fingerprint density at radius 1 is 1.03 bits per heavy atom. The molecule has 0 aliphatic carbocycles. The third kappa shape index (κ3) is 5.38. The largest absolute Gasteiger partial charge is 0.487 e. The van der Waals surface area contributed by atoms with Crippen LogP contribution in [0.5, 0.6) is 17.2 Å². The zero-order chi connectivity index (χ0) is 20.6. The Hall–Kier alpha value is -3.80. The summed E-state index contributed by atoms with van der Waals surface area (Å²) < 4.78 is 16.8. The summed E-state index contributed by atoms with van der Waals surface area (Å²) in [5.41, 5.74) is 2.74. The first kappa shape index (κ1) is 19.5.